The van der Waals surface area contributed by atoms with Crippen LogP contribution < -0.4 is 0 Å². The fraction of sp³-hybridized carbons (Fsp3) is 0.345. The smallest absolute Gasteiger partial charge is 0.186 e. The summed E-state index contributed by atoms with van der Waals surface area (Å²) in [6.07, 6.45) is -2.98. The molecule has 2 saturated heterocycles. The van der Waals surface area contributed by atoms with Crippen LogP contribution in [0.5, 0.6) is 0 Å². The van der Waals surface area contributed by atoms with Crippen LogP contribution in [0.15, 0.2) is 182 Å². The highest BCUT2D eigenvalue weighted by molar-refractivity contribution is 8.00. The van der Waals surface area contributed by atoms with Crippen molar-refractivity contribution >= 4 is 11.8 Å². The average molecular weight is 897 g/mol. The molecular formula is C55H60O9S. The van der Waals surface area contributed by atoms with Crippen molar-refractivity contribution in [2.45, 2.75) is 99.7 Å². The summed E-state index contributed by atoms with van der Waals surface area (Å²) in [6.45, 7) is 2.98. The van der Waals surface area contributed by atoms with Gasteiger partial charge in [-0.2, -0.15) is 0 Å². The second-order valence-corrected chi connectivity index (χ2v) is 17.7. The Morgan fingerprint density at radius 1 is 0.415 bits per heavy atom. The molecule has 0 N–H and O–H groups in total. The predicted molar refractivity (Wildman–Crippen MR) is 253 cm³/mol. The fourth-order valence-corrected chi connectivity index (χ4v) is 9.77. The second kappa shape index (κ2) is 25.3. The topological polar surface area (TPSA) is 83.1 Å². The highest BCUT2D eigenvalue weighted by atomic mass is 32.2. The van der Waals surface area contributed by atoms with Gasteiger partial charge < -0.3 is 42.6 Å². The van der Waals surface area contributed by atoms with E-state index in [9.17, 15) is 0 Å². The zero-order chi connectivity index (χ0) is 44.3. The van der Waals surface area contributed by atoms with Gasteiger partial charge in [-0.1, -0.05) is 182 Å². The van der Waals surface area contributed by atoms with Crippen LogP contribution in [-0.4, -0.2) is 73.9 Å². The molecule has 0 aliphatic carbocycles. The van der Waals surface area contributed by atoms with Gasteiger partial charge in [0.25, 0.3) is 0 Å². The number of thioether (sulfide) groups is 1. The summed E-state index contributed by atoms with van der Waals surface area (Å²) in [5.41, 5.74) is 6.02. The van der Waals surface area contributed by atoms with Gasteiger partial charge in [0.2, 0.25) is 0 Å². The molecule has 0 radical (unpaired) electrons. The molecule has 65 heavy (non-hydrogen) atoms. The second-order valence-electron chi connectivity index (χ2n) is 16.3. The van der Waals surface area contributed by atoms with Crippen molar-refractivity contribution in [1.82, 2.24) is 0 Å². The Bertz CT molecular complexity index is 2190. The first-order valence-corrected chi connectivity index (χ1v) is 23.5. The van der Waals surface area contributed by atoms with E-state index in [0.29, 0.717) is 52.7 Å². The van der Waals surface area contributed by atoms with Gasteiger partial charge in [-0.25, -0.2) is 0 Å². The molecule has 2 aliphatic heterocycles. The van der Waals surface area contributed by atoms with Crippen LogP contribution in [0.4, 0.5) is 0 Å². The van der Waals surface area contributed by atoms with E-state index in [4.69, 9.17) is 42.6 Å². The van der Waals surface area contributed by atoms with Gasteiger partial charge in [-0.05, 0) is 33.4 Å². The van der Waals surface area contributed by atoms with Crippen LogP contribution in [0.25, 0.3) is 0 Å². The standard InChI is InChI=1S/C55H60O9S/c1-56-55-53(62-38-46-30-18-7-19-31-46)52(61-37-45-28-16-6-17-29-45)54(49(64-55)40-58-34-42-22-10-3-11-23-42)65-50-32-47(59-35-43-24-12-4-13-25-43)51(60-36-44-26-14-5-15-27-44)48(63-50)39-57-33-41-20-8-2-9-21-41/h2-31,47-55H,32-40H2,1H3/t47?,48?,49?,50-,51-,52?,53?,54+,55-/m0/s1. The predicted octanol–water partition coefficient (Wildman–Crippen LogP) is 10.3. The highest BCUT2D eigenvalue weighted by Crippen LogP contribution is 2.42. The number of methoxy groups -OCH3 is 1. The van der Waals surface area contributed by atoms with E-state index in [2.05, 4.69) is 72.8 Å². The van der Waals surface area contributed by atoms with Gasteiger partial charge in [0.15, 0.2) is 6.29 Å². The van der Waals surface area contributed by atoms with Crippen LogP contribution in [0.3, 0.4) is 0 Å². The van der Waals surface area contributed by atoms with E-state index >= 15 is 0 Å². The van der Waals surface area contributed by atoms with Crippen molar-refractivity contribution in [3.8, 4) is 0 Å². The summed E-state index contributed by atoms with van der Waals surface area (Å²) in [6, 6.07) is 61.2. The van der Waals surface area contributed by atoms with Crippen LogP contribution >= 0.6 is 11.8 Å². The summed E-state index contributed by atoms with van der Waals surface area (Å²) in [7, 11) is 1.65. The maximum Gasteiger partial charge on any atom is 0.186 e. The molecule has 0 amide bonds. The first-order chi connectivity index (χ1) is 32.2. The summed E-state index contributed by atoms with van der Waals surface area (Å²) in [4.78, 5) is 0. The first-order valence-electron chi connectivity index (χ1n) is 22.5. The maximum absolute atomic E-state index is 7.17. The third-order valence-electron chi connectivity index (χ3n) is 11.6. The van der Waals surface area contributed by atoms with Crippen molar-refractivity contribution in [1.29, 1.82) is 0 Å². The maximum atomic E-state index is 7.17. The van der Waals surface area contributed by atoms with E-state index < -0.39 is 36.8 Å². The van der Waals surface area contributed by atoms with Crippen molar-refractivity contribution in [3.63, 3.8) is 0 Å². The summed E-state index contributed by atoms with van der Waals surface area (Å²) >= 11 is 1.67. The largest absolute Gasteiger partial charge is 0.374 e. The van der Waals surface area contributed by atoms with Crippen LogP contribution in [0, 0.1) is 0 Å². The Kier molecular flexibility index (Phi) is 18.2. The first kappa shape index (κ1) is 46.8. The van der Waals surface area contributed by atoms with Crippen molar-refractivity contribution < 1.29 is 42.6 Å². The Morgan fingerprint density at radius 2 is 0.785 bits per heavy atom. The third kappa shape index (κ3) is 14.2. The van der Waals surface area contributed by atoms with Crippen molar-refractivity contribution in [2.24, 2.45) is 0 Å². The molecule has 9 nitrogen and oxygen atoms in total. The van der Waals surface area contributed by atoms with Gasteiger partial charge in [0.1, 0.15) is 29.9 Å². The molecule has 2 aliphatic rings. The minimum absolute atomic E-state index is 0.288. The van der Waals surface area contributed by atoms with E-state index in [-0.39, 0.29) is 23.4 Å². The summed E-state index contributed by atoms with van der Waals surface area (Å²) in [5.74, 6) is 0. The number of hydrogen-bond acceptors (Lipinski definition) is 10. The minimum Gasteiger partial charge on any atom is -0.374 e. The highest BCUT2D eigenvalue weighted by Gasteiger charge is 2.51. The van der Waals surface area contributed by atoms with E-state index in [0.717, 1.165) is 33.4 Å². The van der Waals surface area contributed by atoms with Gasteiger partial charge in [0, 0.05) is 13.5 Å². The van der Waals surface area contributed by atoms with Gasteiger partial charge in [0.05, 0.1) is 70.3 Å². The number of ether oxygens (including phenoxy) is 9. The molecular weight excluding hydrogens is 837 g/mol. The molecule has 0 aromatic heterocycles. The van der Waals surface area contributed by atoms with Crippen LogP contribution in [0.1, 0.15) is 39.8 Å². The summed E-state index contributed by atoms with van der Waals surface area (Å²) < 4.78 is 60.6. The lowest BCUT2D eigenvalue weighted by atomic mass is 10.0. The molecule has 0 bridgehead atoms. The Labute approximate surface area is 388 Å². The molecule has 5 unspecified atom stereocenters. The quantitative estimate of drug-likeness (QED) is 0.0620. The fourth-order valence-electron chi connectivity index (χ4n) is 8.21. The molecule has 340 valence electrons. The lowest BCUT2D eigenvalue weighted by Crippen LogP contribution is -2.60. The monoisotopic (exact) mass is 896 g/mol. The minimum atomic E-state index is -0.731. The SMILES string of the molecule is CO[C@H]1OC(COCc2ccccc2)[C@@H](S[C@H]2CC(OCc3ccccc3)[C@H](OCc3ccccc3)C(COCc3ccccc3)O2)C(OCc2ccccc2)C1OCc1ccccc1. The zero-order valence-corrected chi connectivity index (χ0v) is 37.8. The van der Waals surface area contributed by atoms with Crippen LogP contribution in [-0.2, 0) is 82.3 Å². The average Bonchev–Trinajstić information content (AvgIpc) is 3.36. The molecule has 2 heterocycles. The molecule has 0 spiro atoms. The van der Waals surface area contributed by atoms with E-state index in [1.54, 1.807) is 18.9 Å². The molecule has 8 rings (SSSR count). The lowest BCUT2D eigenvalue weighted by Gasteiger charge is -2.48. The molecule has 2 fully saturated rings. The lowest BCUT2D eigenvalue weighted by molar-refractivity contribution is -0.283. The van der Waals surface area contributed by atoms with Gasteiger partial charge >= 0.3 is 0 Å². The zero-order valence-electron chi connectivity index (χ0n) is 37.0. The molecule has 6 aromatic carbocycles. The van der Waals surface area contributed by atoms with Crippen molar-refractivity contribution in [3.05, 3.63) is 215 Å². The Morgan fingerprint density at radius 3 is 1.22 bits per heavy atom. The van der Waals surface area contributed by atoms with E-state index in [1.165, 1.54) is 0 Å². The normalized spacial score (nSPS) is 24.4. The molecule has 9 atom stereocenters. The molecule has 10 heteroatoms. The van der Waals surface area contributed by atoms with Crippen molar-refractivity contribution in [2.75, 3.05) is 20.3 Å². The number of hydrogen-bond donors (Lipinski definition) is 0. The molecule has 0 saturated carbocycles. The Hall–Kier alpha value is -4.69. The Balaban J connectivity index is 1.10. The molecule has 6 aromatic rings. The van der Waals surface area contributed by atoms with Crippen LogP contribution in [0.2, 0.25) is 0 Å². The summed E-state index contributed by atoms with van der Waals surface area (Å²) in [5, 5.41) is -0.325. The van der Waals surface area contributed by atoms with E-state index in [1.807, 2.05) is 109 Å². The number of benzene rings is 6. The number of rotatable bonds is 23. The van der Waals surface area contributed by atoms with Gasteiger partial charge in [-0.3, -0.25) is 0 Å². The third-order valence-corrected chi connectivity index (χ3v) is 13.1. The van der Waals surface area contributed by atoms with Gasteiger partial charge in [-0.15, -0.1) is 11.8 Å².